The SMILES string of the molecule is COc1cccc2[nH]c(C(=O)N[C@H](CN[C@@H](C[C@@H]3CCCC3=O)C(N)=O)CC(C)(C)C)cc12.COc1cccc2[nH]c(C(=O)N[C@H](CN[C@H](C#N)C[C@@H]3CCCC3=O)CC(C)(C)C)cc12. The number of rotatable bonds is 19. The van der Waals surface area contributed by atoms with Crippen LogP contribution in [-0.2, 0) is 14.4 Å². The highest BCUT2D eigenvalue weighted by molar-refractivity contribution is 6.00. The molecule has 0 radical (unpaired) electrons. The number of hydrogen-bond donors (Lipinski definition) is 7. The first-order chi connectivity index (χ1) is 30.8. The fraction of sp³-hybridized carbons (Fsp3) is 0.560. The van der Waals surface area contributed by atoms with Crippen LogP contribution in [0.4, 0.5) is 0 Å². The molecule has 15 nitrogen and oxygen atoms in total. The standard InChI is InChI=1S/C25H36N4O4.C25H34N4O3/c1-25(2,3)13-16(14-27-19(23(26)31)11-15-7-5-9-21(15)30)28-24(32)20-12-17-18(29-20)8-6-10-22(17)33-4;1-25(2,3)13-18(15-27-17(14-26)11-16-7-5-9-22(16)30)28-24(31)21-12-19-20(29-21)8-6-10-23(19)32-4/h6,8,10,12,15-16,19,27,29H,5,7,9,11,13-14H2,1-4H3,(H2,26,31)(H,28,32);6,8,10,12,16-18,27,29H,5,7,9,11,13,15H2,1-4H3,(H,28,31)/t15-,16-,19-;16-,17-,18-/m00/s1. The molecule has 6 atom stereocenters. The summed E-state index contributed by atoms with van der Waals surface area (Å²) in [6, 6.07) is 15.7. The van der Waals surface area contributed by atoms with E-state index in [2.05, 4.69) is 78.8 Å². The zero-order valence-electron chi connectivity index (χ0n) is 39.5. The number of ketones is 2. The average Bonchev–Trinajstić information content (AvgIpc) is 4.06. The maximum absolute atomic E-state index is 13.1. The number of nitrogens with two attached hydrogens (primary N) is 1. The third-order valence-electron chi connectivity index (χ3n) is 12.2. The Morgan fingerprint density at radius 1 is 0.738 bits per heavy atom. The minimum atomic E-state index is -0.603. The van der Waals surface area contributed by atoms with Gasteiger partial charge in [0.2, 0.25) is 5.91 Å². The summed E-state index contributed by atoms with van der Waals surface area (Å²) in [6.07, 6.45) is 7.04. The molecule has 2 heterocycles. The van der Waals surface area contributed by atoms with Crippen LogP contribution in [0, 0.1) is 34.0 Å². The number of amides is 3. The molecular formula is C50H70N8O7. The van der Waals surface area contributed by atoms with Crippen molar-refractivity contribution in [3.63, 3.8) is 0 Å². The summed E-state index contributed by atoms with van der Waals surface area (Å²) < 4.78 is 10.8. The molecule has 2 aliphatic rings. The summed E-state index contributed by atoms with van der Waals surface area (Å²) in [4.78, 5) is 68.4. The molecule has 4 aromatic rings. The van der Waals surface area contributed by atoms with E-state index < -0.39 is 18.0 Å². The zero-order valence-corrected chi connectivity index (χ0v) is 39.5. The van der Waals surface area contributed by atoms with Crippen LogP contribution >= 0.6 is 0 Å². The number of carbonyl (C=O) groups is 5. The molecule has 0 unspecified atom stereocenters. The molecule has 0 saturated heterocycles. The Labute approximate surface area is 383 Å². The van der Waals surface area contributed by atoms with Gasteiger partial charge in [0.15, 0.2) is 0 Å². The Morgan fingerprint density at radius 3 is 1.57 bits per heavy atom. The number of methoxy groups -OCH3 is 2. The summed E-state index contributed by atoms with van der Waals surface area (Å²) in [5.74, 6) is 0.835. The highest BCUT2D eigenvalue weighted by Gasteiger charge is 2.32. The predicted molar refractivity (Wildman–Crippen MR) is 253 cm³/mol. The van der Waals surface area contributed by atoms with Gasteiger partial charge in [-0.2, -0.15) is 5.26 Å². The second kappa shape index (κ2) is 22.5. The van der Waals surface area contributed by atoms with Gasteiger partial charge in [0.05, 0.1) is 32.4 Å². The Kier molecular flexibility index (Phi) is 17.4. The molecule has 2 aliphatic carbocycles. The molecule has 3 amide bonds. The summed E-state index contributed by atoms with van der Waals surface area (Å²) in [6.45, 7) is 13.5. The first-order valence-electron chi connectivity index (χ1n) is 22.9. The monoisotopic (exact) mass is 895 g/mol. The van der Waals surface area contributed by atoms with Crippen molar-refractivity contribution in [2.45, 2.75) is 130 Å². The number of Topliss-reactive ketones (excluding diaryl/α,β-unsaturated/α-hetero) is 2. The minimum Gasteiger partial charge on any atom is -0.496 e. The van der Waals surface area contributed by atoms with Crippen LogP contribution in [0.1, 0.15) is 127 Å². The largest absolute Gasteiger partial charge is 0.496 e. The smallest absolute Gasteiger partial charge is 0.267 e. The van der Waals surface area contributed by atoms with Gasteiger partial charge in [-0.1, -0.05) is 53.7 Å². The molecule has 0 bridgehead atoms. The van der Waals surface area contributed by atoms with Crippen LogP contribution < -0.4 is 36.5 Å². The van der Waals surface area contributed by atoms with E-state index in [9.17, 15) is 29.2 Å². The molecule has 65 heavy (non-hydrogen) atoms. The number of carbonyl (C=O) groups excluding carboxylic acids is 5. The number of fused-ring (bicyclic) bond motifs is 2. The molecule has 2 aromatic heterocycles. The van der Waals surface area contributed by atoms with Gasteiger partial charge in [-0.05, 0) is 98.6 Å². The van der Waals surface area contributed by atoms with E-state index >= 15 is 0 Å². The Morgan fingerprint density at radius 2 is 1.18 bits per heavy atom. The van der Waals surface area contributed by atoms with Crippen molar-refractivity contribution < 1.29 is 33.4 Å². The topological polar surface area (TPSA) is 233 Å². The molecular weight excluding hydrogens is 825 g/mol. The molecule has 6 rings (SSSR count). The summed E-state index contributed by atoms with van der Waals surface area (Å²) in [5.41, 5.74) is 8.13. The number of aromatic nitrogens is 2. The first-order valence-corrected chi connectivity index (χ1v) is 22.9. The zero-order chi connectivity index (χ0) is 47.5. The number of aromatic amines is 2. The maximum atomic E-state index is 13.1. The summed E-state index contributed by atoms with van der Waals surface area (Å²) in [7, 11) is 3.21. The number of benzene rings is 2. The van der Waals surface area contributed by atoms with Crippen molar-refractivity contribution in [3.05, 3.63) is 59.9 Å². The number of hydrogen-bond acceptors (Lipinski definition) is 10. The van der Waals surface area contributed by atoms with Gasteiger partial charge in [0.25, 0.3) is 11.8 Å². The van der Waals surface area contributed by atoms with Crippen molar-refractivity contribution >= 4 is 51.1 Å². The van der Waals surface area contributed by atoms with Gasteiger partial charge in [-0.15, -0.1) is 0 Å². The van der Waals surface area contributed by atoms with Gasteiger partial charge >= 0.3 is 0 Å². The van der Waals surface area contributed by atoms with Crippen molar-refractivity contribution in [2.24, 2.45) is 28.4 Å². The van der Waals surface area contributed by atoms with E-state index in [4.69, 9.17) is 15.2 Å². The average molecular weight is 895 g/mol. The molecule has 0 spiro atoms. The maximum Gasteiger partial charge on any atom is 0.267 e. The molecule has 2 aromatic carbocycles. The van der Waals surface area contributed by atoms with Crippen LogP contribution in [0.25, 0.3) is 21.8 Å². The van der Waals surface area contributed by atoms with Crippen LogP contribution in [0.5, 0.6) is 11.5 Å². The lowest BCUT2D eigenvalue weighted by molar-refractivity contribution is -0.123. The lowest BCUT2D eigenvalue weighted by Gasteiger charge is -2.28. The van der Waals surface area contributed by atoms with E-state index in [-0.39, 0.29) is 58.1 Å². The van der Waals surface area contributed by atoms with Gasteiger partial charge in [0.1, 0.15) is 34.5 Å². The number of nitrogens with zero attached hydrogens (tertiary/aromatic N) is 1. The number of primary amides is 1. The van der Waals surface area contributed by atoms with Crippen LogP contribution in [0.15, 0.2) is 48.5 Å². The normalized spacial score (nSPS) is 18.3. The van der Waals surface area contributed by atoms with Crippen LogP contribution in [0.2, 0.25) is 0 Å². The predicted octanol–water partition coefficient (Wildman–Crippen LogP) is 6.87. The number of H-pyrrole nitrogens is 2. The molecule has 8 N–H and O–H groups in total. The van der Waals surface area contributed by atoms with Crippen molar-refractivity contribution in [1.29, 1.82) is 5.26 Å². The molecule has 2 saturated carbocycles. The first kappa shape index (κ1) is 50.3. The Balaban J connectivity index is 0.000000244. The summed E-state index contributed by atoms with van der Waals surface area (Å²) in [5, 5.41) is 24.0. The van der Waals surface area contributed by atoms with Crippen molar-refractivity contribution in [1.82, 2.24) is 31.2 Å². The Bertz CT molecular complexity index is 2330. The van der Waals surface area contributed by atoms with Gasteiger partial charge in [-0.25, -0.2) is 0 Å². The van der Waals surface area contributed by atoms with Crippen molar-refractivity contribution in [3.8, 4) is 17.6 Å². The van der Waals surface area contributed by atoms with E-state index in [1.807, 2.05) is 36.4 Å². The number of nitriles is 1. The number of nitrogens with one attached hydrogen (secondary N) is 6. The molecule has 15 heteroatoms. The van der Waals surface area contributed by atoms with E-state index in [0.29, 0.717) is 68.1 Å². The highest BCUT2D eigenvalue weighted by Crippen LogP contribution is 2.30. The van der Waals surface area contributed by atoms with Gasteiger partial charge in [0, 0.05) is 71.7 Å². The van der Waals surface area contributed by atoms with Crippen LogP contribution in [0.3, 0.4) is 0 Å². The quantitative estimate of drug-likeness (QED) is 0.0516. The van der Waals surface area contributed by atoms with E-state index in [1.54, 1.807) is 26.4 Å². The summed E-state index contributed by atoms with van der Waals surface area (Å²) >= 11 is 0. The minimum absolute atomic E-state index is 0.00709. The second-order valence-electron chi connectivity index (χ2n) is 20.1. The van der Waals surface area contributed by atoms with E-state index in [1.165, 1.54) is 0 Å². The lowest BCUT2D eigenvalue weighted by atomic mass is 9.87. The van der Waals surface area contributed by atoms with Crippen LogP contribution in [-0.4, -0.2) is 90.7 Å². The van der Waals surface area contributed by atoms with Gasteiger partial charge < -0.3 is 41.1 Å². The second-order valence-corrected chi connectivity index (χ2v) is 20.1. The fourth-order valence-electron chi connectivity index (χ4n) is 9.10. The number of ether oxygens (including phenoxy) is 2. The highest BCUT2D eigenvalue weighted by atomic mass is 16.5. The van der Waals surface area contributed by atoms with E-state index in [0.717, 1.165) is 53.9 Å². The third-order valence-corrected chi connectivity index (χ3v) is 12.2. The lowest BCUT2D eigenvalue weighted by Crippen LogP contribution is -2.50. The fourth-order valence-corrected chi connectivity index (χ4v) is 9.10. The molecule has 2 fully saturated rings. The molecule has 352 valence electrons. The Hall–Kier alpha value is -5.72. The van der Waals surface area contributed by atoms with Gasteiger partial charge in [-0.3, -0.25) is 29.3 Å². The van der Waals surface area contributed by atoms with Crippen molar-refractivity contribution in [2.75, 3.05) is 27.3 Å². The molecule has 0 aliphatic heterocycles. The third kappa shape index (κ3) is 14.6.